The molecule has 1 aliphatic carbocycles. The summed E-state index contributed by atoms with van der Waals surface area (Å²) >= 11 is 5.72. The number of hydrogen-bond acceptors (Lipinski definition) is 3. The third-order valence-electron chi connectivity index (χ3n) is 2.86. The molecule has 0 aromatic carbocycles. The van der Waals surface area contributed by atoms with E-state index in [1.54, 1.807) is 0 Å². The molecule has 0 spiro atoms. The molecule has 2 amide bonds. The van der Waals surface area contributed by atoms with Gasteiger partial charge in [-0.2, -0.15) is 0 Å². The Labute approximate surface area is 120 Å². The largest absolute Gasteiger partial charge is 0.353 e. The first-order valence-corrected chi connectivity index (χ1v) is 6.82. The predicted molar refractivity (Wildman–Crippen MR) is 71.9 cm³/mol. The van der Waals surface area contributed by atoms with E-state index in [4.69, 9.17) is 11.6 Å². The summed E-state index contributed by atoms with van der Waals surface area (Å²) in [4.78, 5) is 26.7. The van der Waals surface area contributed by atoms with Crippen molar-refractivity contribution in [1.29, 1.82) is 0 Å². The lowest BCUT2D eigenvalue weighted by Gasteiger charge is -2.06. The fraction of sp³-hybridized carbons (Fsp3) is 0.462. The quantitative estimate of drug-likeness (QED) is 0.620. The molecule has 2 rings (SSSR count). The number of amides is 2. The van der Waals surface area contributed by atoms with Gasteiger partial charge in [-0.05, 0) is 25.3 Å². The van der Waals surface area contributed by atoms with Crippen LogP contribution in [0.4, 0.5) is 4.39 Å². The lowest BCUT2D eigenvalue weighted by Crippen LogP contribution is -2.28. The second-order valence-electron chi connectivity index (χ2n) is 4.69. The Morgan fingerprint density at radius 3 is 2.90 bits per heavy atom. The summed E-state index contributed by atoms with van der Waals surface area (Å²) in [5, 5.41) is 5.39. The van der Waals surface area contributed by atoms with E-state index in [0.29, 0.717) is 25.4 Å². The van der Waals surface area contributed by atoms with Crippen LogP contribution in [0.25, 0.3) is 0 Å². The molecule has 0 radical (unpaired) electrons. The number of hydrogen-bond donors (Lipinski definition) is 2. The molecule has 1 aromatic heterocycles. The van der Waals surface area contributed by atoms with E-state index >= 15 is 0 Å². The van der Waals surface area contributed by atoms with Gasteiger partial charge >= 0.3 is 0 Å². The van der Waals surface area contributed by atoms with Crippen LogP contribution in [0.1, 0.15) is 36.0 Å². The number of carbonyl (C=O) groups is 2. The van der Waals surface area contributed by atoms with Crippen molar-refractivity contribution in [2.24, 2.45) is 0 Å². The molecule has 0 atom stereocenters. The lowest BCUT2D eigenvalue weighted by molar-refractivity contribution is -0.121. The number of nitrogens with zero attached hydrogens (tertiary/aromatic N) is 1. The van der Waals surface area contributed by atoms with E-state index in [1.807, 2.05) is 0 Å². The van der Waals surface area contributed by atoms with Crippen molar-refractivity contribution in [3.63, 3.8) is 0 Å². The Kier molecular flexibility index (Phi) is 4.89. The van der Waals surface area contributed by atoms with Crippen molar-refractivity contribution in [3.05, 3.63) is 28.8 Å². The number of nitrogens with one attached hydrogen (secondary N) is 2. The van der Waals surface area contributed by atoms with Crippen molar-refractivity contribution < 1.29 is 14.0 Å². The molecule has 1 aromatic rings. The van der Waals surface area contributed by atoms with E-state index in [2.05, 4.69) is 15.6 Å². The van der Waals surface area contributed by atoms with Gasteiger partial charge in [0.2, 0.25) is 5.91 Å². The minimum atomic E-state index is -0.622. The molecule has 0 saturated heterocycles. The maximum atomic E-state index is 13.0. The molecule has 0 unspecified atom stereocenters. The molecule has 5 nitrogen and oxygen atoms in total. The van der Waals surface area contributed by atoms with Crippen LogP contribution < -0.4 is 10.6 Å². The Bertz CT molecular complexity index is 520. The number of rotatable bonds is 6. The average Bonchev–Trinajstić information content (AvgIpc) is 3.21. The molecule has 20 heavy (non-hydrogen) atoms. The van der Waals surface area contributed by atoms with Gasteiger partial charge in [-0.25, -0.2) is 9.37 Å². The first-order valence-electron chi connectivity index (χ1n) is 6.45. The Hall–Kier alpha value is -1.69. The molecule has 0 aliphatic heterocycles. The molecule has 0 bridgehead atoms. The molecule has 2 N–H and O–H groups in total. The van der Waals surface area contributed by atoms with Crippen molar-refractivity contribution in [2.45, 2.75) is 31.7 Å². The fourth-order valence-corrected chi connectivity index (χ4v) is 1.84. The van der Waals surface area contributed by atoms with Gasteiger partial charge in [0.25, 0.3) is 5.91 Å². The van der Waals surface area contributed by atoms with Gasteiger partial charge in [0.15, 0.2) is 0 Å². The first kappa shape index (κ1) is 14.7. The number of carbonyl (C=O) groups excluding carboxylic acids is 2. The number of halogens is 2. The van der Waals surface area contributed by atoms with Crippen LogP contribution in [0.3, 0.4) is 0 Å². The van der Waals surface area contributed by atoms with Crippen LogP contribution in [-0.2, 0) is 4.79 Å². The van der Waals surface area contributed by atoms with E-state index in [1.165, 1.54) is 0 Å². The maximum Gasteiger partial charge on any atom is 0.254 e. The van der Waals surface area contributed by atoms with Gasteiger partial charge in [0.05, 0.1) is 11.8 Å². The van der Waals surface area contributed by atoms with Crippen LogP contribution >= 0.6 is 11.6 Å². The van der Waals surface area contributed by atoms with Crippen molar-refractivity contribution in [3.8, 4) is 0 Å². The second kappa shape index (κ2) is 6.65. The van der Waals surface area contributed by atoms with Crippen LogP contribution in [-0.4, -0.2) is 29.4 Å². The fourth-order valence-electron chi connectivity index (χ4n) is 1.66. The highest BCUT2D eigenvalue weighted by Crippen LogP contribution is 2.18. The minimum Gasteiger partial charge on any atom is -0.353 e. The lowest BCUT2D eigenvalue weighted by atomic mass is 10.2. The zero-order valence-corrected chi connectivity index (χ0v) is 11.5. The normalized spacial score (nSPS) is 13.9. The zero-order valence-electron chi connectivity index (χ0n) is 10.8. The molecule has 1 saturated carbocycles. The van der Waals surface area contributed by atoms with Crippen LogP contribution in [0.15, 0.2) is 12.3 Å². The summed E-state index contributed by atoms with van der Waals surface area (Å²) < 4.78 is 13.0. The summed E-state index contributed by atoms with van der Waals surface area (Å²) in [5.74, 6) is -1.12. The van der Waals surface area contributed by atoms with Crippen LogP contribution in [0.2, 0.25) is 5.15 Å². The Balaban J connectivity index is 1.71. The van der Waals surface area contributed by atoms with Crippen molar-refractivity contribution in [1.82, 2.24) is 15.6 Å². The average molecular weight is 300 g/mol. The van der Waals surface area contributed by atoms with Crippen LogP contribution in [0, 0.1) is 5.82 Å². The summed E-state index contributed by atoms with van der Waals surface area (Å²) in [6, 6.07) is 1.37. The van der Waals surface area contributed by atoms with Crippen molar-refractivity contribution in [2.75, 3.05) is 6.54 Å². The van der Waals surface area contributed by atoms with Gasteiger partial charge in [-0.15, -0.1) is 0 Å². The smallest absolute Gasteiger partial charge is 0.254 e. The van der Waals surface area contributed by atoms with Gasteiger partial charge in [0.1, 0.15) is 11.0 Å². The molecule has 1 fully saturated rings. The zero-order chi connectivity index (χ0) is 14.5. The van der Waals surface area contributed by atoms with E-state index < -0.39 is 11.7 Å². The third-order valence-corrected chi connectivity index (χ3v) is 3.16. The Morgan fingerprint density at radius 1 is 1.45 bits per heavy atom. The minimum absolute atomic E-state index is 0.00546. The first-order chi connectivity index (χ1) is 9.56. The summed E-state index contributed by atoms with van der Waals surface area (Å²) in [6.45, 7) is 0.323. The highest BCUT2D eigenvalue weighted by molar-refractivity contribution is 6.32. The molecular weight excluding hydrogens is 285 g/mol. The number of pyridine rings is 1. The van der Waals surface area contributed by atoms with E-state index in [-0.39, 0.29) is 16.6 Å². The van der Waals surface area contributed by atoms with E-state index in [0.717, 1.165) is 25.1 Å². The van der Waals surface area contributed by atoms with Crippen molar-refractivity contribution >= 4 is 23.4 Å². The molecule has 1 aliphatic rings. The van der Waals surface area contributed by atoms with Gasteiger partial charge in [0, 0.05) is 19.0 Å². The third kappa shape index (κ3) is 4.45. The van der Waals surface area contributed by atoms with Gasteiger partial charge < -0.3 is 10.6 Å². The predicted octanol–water partition coefficient (Wildman–Crippen LogP) is 1.66. The molecular formula is C13H15ClFN3O2. The summed E-state index contributed by atoms with van der Waals surface area (Å²) in [7, 11) is 0. The monoisotopic (exact) mass is 299 g/mol. The SMILES string of the molecule is O=C(CCCNC(=O)c1cc(F)cnc1Cl)NC1CC1. The highest BCUT2D eigenvalue weighted by Gasteiger charge is 2.22. The standard InChI is InChI=1S/C13H15ClFN3O2/c14-12-10(6-8(15)7-17-12)13(20)16-5-1-2-11(19)18-9-3-4-9/h6-7,9H,1-5H2,(H,16,20)(H,18,19). The molecule has 108 valence electrons. The number of aromatic nitrogens is 1. The maximum absolute atomic E-state index is 13.0. The van der Waals surface area contributed by atoms with Crippen LogP contribution in [0.5, 0.6) is 0 Å². The highest BCUT2D eigenvalue weighted by atomic mass is 35.5. The summed E-state index contributed by atoms with van der Waals surface area (Å²) in [6.07, 6.45) is 3.92. The van der Waals surface area contributed by atoms with Gasteiger partial charge in [-0.1, -0.05) is 11.6 Å². The second-order valence-corrected chi connectivity index (χ2v) is 5.05. The Morgan fingerprint density at radius 2 is 2.20 bits per heavy atom. The molecule has 1 heterocycles. The topological polar surface area (TPSA) is 71.1 Å². The van der Waals surface area contributed by atoms with E-state index in [9.17, 15) is 14.0 Å². The summed E-state index contributed by atoms with van der Waals surface area (Å²) in [5.41, 5.74) is -0.00546. The van der Waals surface area contributed by atoms with Gasteiger partial charge in [-0.3, -0.25) is 9.59 Å². The molecule has 7 heteroatoms.